The zero-order valence-corrected chi connectivity index (χ0v) is 18.4. The van der Waals surface area contributed by atoms with E-state index in [9.17, 15) is 13.2 Å². The van der Waals surface area contributed by atoms with Crippen molar-refractivity contribution in [2.45, 2.75) is 32.5 Å². The number of fused-ring (bicyclic) bond motifs is 1. The molecule has 0 bridgehead atoms. The summed E-state index contributed by atoms with van der Waals surface area (Å²) >= 11 is 5.26. The smallest absolute Gasteiger partial charge is 0.433 e. The summed E-state index contributed by atoms with van der Waals surface area (Å²) in [7, 11) is 0. The zero-order valence-electron chi connectivity index (χ0n) is 17.5. The number of piperidine rings is 1. The van der Waals surface area contributed by atoms with E-state index in [2.05, 4.69) is 27.5 Å². The number of hydrogen-bond acceptors (Lipinski definition) is 6. The minimum Gasteiger partial charge on any atom is -0.486 e. The van der Waals surface area contributed by atoms with Crippen LogP contribution in [0.3, 0.4) is 0 Å². The van der Waals surface area contributed by atoms with Gasteiger partial charge in [-0.25, -0.2) is 4.98 Å². The molecular weight excluding hydrogens is 443 g/mol. The SMILES string of the molecule is C[C@@H]1CCCN(c2cc(C(F)(F)F)nc(NC(=S)NCc3ccc4c(c3)OCCO4)n2)C1. The molecule has 3 heterocycles. The third-order valence-corrected chi connectivity index (χ3v) is 5.52. The number of halogens is 3. The van der Waals surface area contributed by atoms with Gasteiger partial charge in [0.25, 0.3) is 0 Å². The Balaban J connectivity index is 1.45. The van der Waals surface area contributed by atoms with Gasteiger partial charge >= 0.3 is 6.18 Å². The first-order valence-corrected chi connectivity index (χ1v) is 10.8. The van der Waals surface area contributed by atoms with Crippen LogP contribution in [0.25, 0.3) is 0 Å². The molecule has 0 amide bonds. The molecule has 0 saturated carbocycles. The number of rotatable bonds is 4. The van der Waals surface area contributed by atoms with Crippen LogP contribution < -0.4 is 25.0 Å². The van der Waals surface area contributed by atoms with E-state index in [4.69, 9.17) is 21.7 Å². The van der Waals surface area contributed by atoms with Gasteiger partial charge in [0.2, 0.25) is 5.95 Å². The Labute approximate surface area is 189 Å². The summed E-state index contributed by atoms with van der Waals surface area (Å²) in [6.07, 6.45) is -2.63. The zero-order chi connectivity index (χ0) is 22.7. The Morgan fingerprint density at radius 2 is 1.97 bits per heavy atom. The largest absolute Gasteiger partial charge is 0.486 e. The van der Waals surface area contributed by atoms with Crippen LogP contribution in [0.5, 0.6) is 11.5 Å². The number of ether oxygens (including phenoxy) is 2. The van der Waals surface area contributed by atoms with Crippen molar-refractivity contribution in [2.24, 2.45) is 5.92 Å². The lowest BCUT2D eigenvalue weighted by Crippen LogP contribution is -2.35. The fourth-order valence-corrected chi connectivity index (χ4v) is 3.88. The van der Waals surface area contributed by atoms with Crippen LogP contribution in [0.4, 0.5) is 24.9 Å². The van der Waals surface area contributed by atoms with Gasteiger partial charge < -0.3 is 25.0 Å². The molecule has 0 radical (unpaired) electrons. The molecule has 1 aromatic heterocycles. The van der Waals surface area contributed by atoms with Crippen LogP contribution in [0.15, 0.2) is 24.3 Å². The van der Waals surface area contributed by atoms with Crippen LogP contribution in [-0.4, -0.2) is 41.4 Å². The quantitative estimate of drug-likeness (QED) is 0.655. The predicted octanol–water partition coefficient (Wildman–Crippen LogP) is 3.99. The van der Waals surface area contributed by atoms with Gasteiger partial charge in [0.05, 0.1) is 0 Å². The molecule has 1 aromatic carbocycles. The van der Waals surface area contributed by atoms with Crippen molar-refractivity contribution < 1.29 is 22.6 Å². The highest BCUT2D eigenvalue weighted by atomic mass is 32.1. The number of nitrogens with one attached hydrogen (secondary N) is 2. The first kappa shape index (κ1) is 22.4. The topological polar surface area (TPSA) is 71.5 Å². The third kappa shape index (κ3) is 5.50. The fourth-order valence-electron chi connectivity index (χ4n) is 3.72. The van der Waals surface area contributed by atoms with E-state index in [0.29, 0.717) is 50.3 Å². The average Bonchev–Trinajstić information content (AvgIpc) is 2.77. The van der Waals surface area contributed by atoms with Crippen LogP contribution in [0, 0.1) is 5.92 Å². The minimum atomic E-state index is -4.59. The Bertz CT molecular complexity index is 988. The molecule has 172 valence electrons. The maximum Gasteiger partial charge on any atom is 0.433 e. The molecule has 4 rings (SSSR count). The van der Waals surface area contributed by atoms with Gasteiger partial charge in [0.1, 0.15) is 19.0 Å². The maximum atomic E-state index is 13.4. The number of aromatic nitrogens is 2. The van der Waals surface area contributed by atoms with Gasteiger partial charge in [0, 0.05) is 25.7 Å². The standard InChI is InChI=1S/C21H24F3N5O2S/c1-13-3-2-6-29(12-13)18-10-17(21(22,23)24)26-19(27-18)28-20(32)25-11-14-4-5-15-16(9-14)31-8-7-30-15/h4-5,9-10,13H,2-3,6-8,11-12H2,1H3,(H2,25,26,27,28,32)/t13-/m1/s1. The number of hydrogen-bond donors (Lipinski definition) is 2. The normalized spacial score (nSPS) is 18.2. The van der Waals surface area contributed by atoms with Gasteiger partial charge in [0.15, 0.2) is 22.3 Å². The van der Waals surface area contributed by atoms with Crippen LogP contribution in [-0.2, 0) is 12.7 Å². The van der Waals surface area contributed by atoms with Crippen molar-refractivity contribution in [3.05, 3.63) is 35.5 Å². The van der Waals surface area contributed by atoms with Crippen LogP contribution in [0.2, 0.25) is 0 Å². The number of anilines is 2. The Morgan fingerprint density at radius 3 is 2.72 bits per heavy atom. The molecule has 0 unspecified atom stereocenters. The third-order valence-electron chi connectivity index (χ3n) is 5.27. The molecule has 1 saturated heterocycles. The molecule has 2 N–H and O–H groups in total. The van der Waals surface area contributed by atoms with E-state index < -0.39 is 11.9 Å². The van der Waals surface area contributed by atoms with Gasteiger partial charge in [-0.2, -0.15) is 18.2 Å². The number of thiocarbonyl (C=S) groups is 1. The van der Waals surface area contributed by atoms with Gasteiger partial charge in [-0.15, -0.1) is 0 Å². The highest BCUT2D eigenvalue weighted by Crippen LogP contribution is 2.32. The van der Waals surface area contributed by atoms with Gasteiger partial charge in [-0.1, -0.05) is 13.0 Å². The van der Waals surface area contributed by atoms with Gasteiger partial charge in [-0.05, 0) is 48.7 Å². The number of benzene rings is 1. The van der Waals surface area contributed by atoms with E-state index in [1.165, 1.54) is 0 Å². The second kappa shape index (κ2) is 9.35. The average molecular weight is 468 g/mol. The molecule has 2 aliphatic rings. The van der Waals surface area contributed by atoms with E-state index in [1.807, 2.05) is 23.1 Å². The Morgan fingerprint density at radius 1 is 1.19 bits per heavy atom. The molecule has 0 aliphatic carbocycles. The van der Waals surface area contributed by atoms with Crippen molar-refractivity contribution in [1.82, 2.24) is 15.3 Å². The summed E-state index contributed by atoms with van der Waals surface area (Å²) in [5.74, 6) is 1.77. The van der Waals surface area contributed by atoms with Crippen molar-refractivity contribution >= 4 is 29.1 Å². The van der Waals surface area contributed by atoms with Gasteiger partial charge in [-0.3, -0.25) is 0 Å². The van der Waals surface area contributed by atoms with Crippen LogP contribution >= 0.6 is 12.2 Å². The van der Waals surface area contributed by atoms with Crippen molar-refractivity contribution in [1.29, 1.82) is 0 Å². The second-order valence-corrected chi connectivity index (χ2v) is 8.32. The predicted molar refractivity (Wildman–Crippen MR) is 118 cm³/mol. The summed E-state index contributed by atoms with van der Waals surface area (Å²) < 4.78 is 51.3. The minimum absolute atomic E-state index is 0.122. The van der Waals surface area contributed by atoms with Crippen molar-refractivity contribution in [3.63, 3.8) is 0 Å². The molecular formula is C21H24F3N5O2S. The second-order valence-electron chi connectivity index (χ2n) is 7.91. The monoisotopic (exact) mass is 467 g/mol. The molecule has 2 aliphatic heterocycles. The van der Waals surface area contributed by atoms with Crippen LogP contribution in [0.1, 0.15) is 31.0 Å². The molecule has 1 fully saturated rings. The Kier molecular flexibility index (Phi) is 6.54. The lowest BCUT2D eigenvalue weighted by Gasteiger charge is -2.32. The van der Waals surface area contributed by atoms with Crippen molar-refractivity contribution in [2.75, 3.05) is 36.5 Å². The summed E-state index contributed by atoms with van der Waals surface area (Å²) in [5.41, 5.74) is -0.121. The number of alkyl halides is 3. The lowest BCUT2D eigenvalue weighted by atomic mass is 10.0. The molecule has 2 aromatic rings. The maximum absolute atomic E-state index is 13.4. The fraction of sp³-hybridized carbons (Fsp3) is 0.476. The van der Waals surface area contributed by atoms with E-state index in [0.717, 1.165) is 24.5 Å². The van der Waals surface area contributed by atoms with E-state index in [-0.39, 0.29) is 16.9 Å². The van der Waals surface area contributed by atoms with Crippen molar-refractivity contribution in [3.8, 4) is 11.5 Å². The number of nitrogens with zero attached hydrogens (tertiary/aromatic N) is 3. The van der Waals surface area contributed by atoms with E-state index in [1.54, 1.807) is 0 Å². The highest BCUT2D eigenvalue weighted by Gasteiger charge is 2.34. The molecule has 0 spiro atoms. The summed E-state index contributed by atoms with van der Waals surface area (Å²) in [6, 6.07) is 6.50. The Hall–Kier alpha value is -2.82. The summed E-state index contributed by atoms with van der Waals surface area (Å²) in [5, 5.41) is 5.78. The highest BCUT2D eigenvalue weighted by molar-refractivity contribution is 7.80. The molecule has 11 heteroatoms. The molecule has 7 nitrogen and oxygen atoms in total. The molecule has 32 heavy (non-hydrogen) atoms. The summed E-state index contributed by atoms with van der Waals surface area (Å²) in [6.45, 7) is 4.72. The molecule has 1 atom stereocenters. The first-order valence-electron chi connectivity index (χ1n) is 10.4. The summed E-state index contributed by atoms with van der Waals surface area (Å²) in [4.78, 5) is 9.79. The van der Waals surface area contributed by atoms with E-state index >= 15 is 0 Å². The lowest BCUT2D eigenvalue weighted by molar-refractivity contribution is -0.141. The first-order chi connectivity index (χ1) is 15.3.